The molecule has 0 unspecified atom stereocenters. The van der Waals surface area contributed by atoms with Crippen LogP contribution >= 0.6 is 24.0 Å². The number of nitrogens with one attached hydrogen (secondary N) is 2. The van der Waals surface area contributed by atoms with Crippen molar-refractivity contribution < 1.29 is 4.79 Å². The minimum Gasteiger partial charge on any atom is -0.370 e. The van der Waals surface area contributed by atoms with Gasteiger partial charge in [-0.15, -0.1) is 30.4 Å². The Morgan fingerprint density at radius 3 is 2.65 bits per heavy atom. The number of rotatable bonds is 6. The third-order valence-corrected chi connectivity index (χ3v) is 2.34. The highest BCUT2D eigenvalue weighted by molar-refractivity contribution is 14.0. The highest BCUT2D eigenvalue weighted by Gasteiger charge is 1.98. The summed E-state index contributed by atoms with van der Waals surface area (Å²) in [6, 6.07) is 10.0. The van der Waals surface area contributed by atoms with Gasteiger partial charge >= 0.3 is 0 Å². The minimum atomic E-state index is -0.245. The quantitative estimate of drug-likeness (QED) is 0.288. The van der Waals surface area contributed by atoms with Crippen LogP contribution in [0.1, 0.15) is 5.56 Å². The van der Waals surface area contributed by atoms with E-state index >= 15 is 0 Å². The predicted octanol–water partition coefficient (Wildman–Crippen LogP) is 0.501. The van der Waals surface area contributed by atoms with Gasteiger partial charge in [0.2, 0.25) is 5.91 Å². The number of carbonyl (C=O) groups is 1. The highest BCUT2D eigenvalue weighted by atomic mass is 127. The fraction of sp³-hybridized carbons (Fsp3) is 0.286. The first-order valence-corrected chi connectivity index (χ1v) is 6.00. The molecule has 0 radical (unpaired) electrons. The van der Waals surface area contributed by atoms with Crippen LogP contribution in [0.25, 0.3) is 0 Å². The molecule has 0 heterocycles. The fourth-order valence-corrected chi connectivity index (χ4v) is 1.40. The summed E-state index contributed by atoms with van der Waals surface area (Å²) in [5, 5.41) is 5.45. The summed E-state index contributed by atoms with van der Waals surface area (Å²) in [4.78, 5) is 15.1. The van der Waals surface area contributed by atoms with E-state index in [1.807, 2.05) is 30.3 Å². The number of guanidine groups is 1. The summed E-state index contributed by atoms with van der Waals surface area (Å²) >= 11 is 0. The van der Waals surface area contributed by atoms with Gasteiger partial charge in [-0.1, -0.05) is 36.3 Å². The van der Waals surface area contributed by atoms with Crippen molar-refractivity contribution in [3.05, 3.63) is 35.9 Å². The molecule has 1 rings (SSSR count). The minimum absolute atomic E-state index is 0. The van der Waals surface area contributed by atoms with Crippen molar-refractivity contribution in [2.24, 2.45) is 10.7 Å². The van der Waals surface area contributed by atoms with E-state index in [4.69, 9.17) is 12.2 Å². The van der Waals surface area contributed by atoms with E-state index in [2.05, 4.69) is 21.5 Å². The molecule has 0 aliphatic heterocycles. The van der Waals surface area contributed by atoms with E-state index in [9.17, 15) is 4.79 Å². The summed E-state index contributed by atoms with van der Waals surface area (Å²) in [5.41, 5.74) is 6.85. The number of halogens is 1. The first-order chi connectivity index (χ1) is 9.22. The maximum absolute atomic E-state index is 11.2. The molecule has 5 nitrogen and oxygen atoms in total. The zero-order chi connectivity index (χ0) is 13.9. The van der Waals surface area contributed by atoms with Gasteiger partial charge in [-0.05, 0) is 12.0 Å². The molecule has 6 heteroatoms. The molecule has 0 spiro atoms. The molecule has 1 amide bonds. The number of nitrogens with two attached hydrogens (primary N) is 1. The standard InChI is InChI=1S/C14H18N4O.HI/c1-2-9-16-13(19)11-18-14(15)17-10-8-12-6-4-3-5-7-12;/h1,3-7H,8-11H2,(H,16,19)(H3,15,17,18);1H. The lowest BCUT2D eigenvalue weighted by Crippen LogP contribution is -2.35. The zero-order valence-corrected chi connectivity index (χ0v) is 13.5. The van der Waals surface area contributed by atoms with Crippen molar-refractivity contribution >= 4 is 35.8 Å². The van der Waals surface area contributed by atoms with Crippen LogP contribution in [0.15, 0.2) is 35.3 Å². The average Bonchev–Trinajstić information content (AvgIpc) is 2.44. The molecule has 0 fully saturated rings. The number of carbonyl (C=O) groups excluding carboxylic acids is 1. The van der Waals surface area contributed by atoms with Gasteiger partial charge < -0.3 is 16.4 Å². The lowest BCUT2D eigenvalue weighted by molar-refractivity contribution is -0.119. The summed E-state index contributed by atoms with van der Waals surface area (Å²) in [6.45, 7) is 0.854. The molecule has 1 aromatic carbocycles. The largest absolute Gasteiger partial charge is 0.370 e. The molecule has 0 aromatic heterocycles. The van der Waals surface area contributed by atoms with E-state index in [0.29, 0.717) is 6.54 Å². The second kappa shape index (κ2) is 11.1. The Labute approximate surface area is 136 Å². The SMILES string of the molecule is C#CCNC(=O)CN=C(N)NCCc1ccccc1.I. The Morgan fingerprint density at radius 2 is 2.00 bits per heavy atom. The van der Waals surface area contributed by atoms with Crippen LogP contribution < -0.4 is 16.4 Å². The Hall–Kier alpha value is -1.75. The molecule has 0 saturated carbocycles. The third-order valence-electron chi connectivity index (χ3n) is 2.34. The molecule has 0 aliphatic rings. The van der Waals surface area contributed by atoms with Crippen molar-refractivity contribution in [2.45, 2.75) is 6.42 Å². The summed E-state index contributed by atoms with van der Waals surface area (Å²) in [7, 11) is 0. The average molecular weight is 386 g/mol. The molecule has 0 bridgehead atoms. The monoisotopic (exact) mass is 386 g/mol. The highest BCUT2D eigenvalue weighted by Crippen LogP contribution is 1.97. The van der Waals surface area contributed by atoms with Gasteiger partial charge in [-0.3, -0.25) is 4.79 Å². The Morgan fingerprint density at radius 1 is 1.30 bits per heavy atom. The Balaban J connectivity index is 0.00000361. The van der Waals surface area contributed by atoms with Gasteiger partial charge in [-0.25, -0.2) is 4.99 Å². The third kappa shape index (κ3) is 8.37. The van der Waals surface area contributed by atoms with Crippen LogP contribution in [-0.4, -0.2) is 31.5 Å². The van der Waals surface area contributed by atoms with E-state index in [-0.39, 0.29) is 48.9 Å². The molecular formula is C14H19IN4O. The molecule has 0 aliphatic carbocycles. The van der Waals surface area contributed by atoms with Crippen LogP contribution in [0.2, 0.25) is 0 Å². The molecule has 20 heavy (non-hydrogen) atoms. The topological polar surface area (TPSA) is 79.5 Å². The number of amides is 1. The van der Waals surface area contributed by atoms with Crippen molar-refractivity contribution in [3.63, 3.8) is 0 Å². The number of benzene rings is 1. The molecule has 0 saturated heterocycles. The molecule has 0 atom stereocenters. The number of nitrogens with zero attached hydrogens (tertiary/aromatic N) is 1. The second-order valence-corrected chi connectivity index (χ2v) is 3.84. The number of aliphatic imine (C=N–C) groups is 1. The van der Waals surface area contributed by atoms with Crippen LogP contribution in [0.5, 0.6) is 0 Å². The van der Waals surface area contributed by atoms with Crippen molar-refractivity contribution in [2.75, 3.05) is 19.6 Å². The number of hydrogen-bond acceptors (Lipinski definition) is 2. The van der Waals surface area contributed by atoms with E-state index in [1.165, 1.54) is 5.56 Å². The molecule has 108 valence electrons. The lowest BCUT2D eigenvalue weighted by atomic mass is 10.1. The van der Waals surface area contributed by atoms with E-state index in [1.54, 1.807) is 0 Å². The summed E-state index contributed by atoms with van der Waals surface area (Å²) in [6.07, 6.45) is 5.86. The Kier molecular flexibility index (Phi) is 10.1. The lowest BCUT2D eigenvalue weighted by Gasteiger charge is -2.05. The van der Waals surface area contributed by atoms with Gasteiger partial charge in [0.05, 0.1) is 6.54 Å². The van der Waals surface area contributed by atoms with Crippen molar-refractivity contribution in [3.8, 4) is 12.3 Å². The maximum Gasteiger partial charge on any atom is 0.242 e. The smallest absolute Gasteiger partial charge is 0.242 e. The maximum atomic E-state index is 11.2. The number of hydrogen-bond donors (Lipinski definition) is 3. The predicted molar refractivity (Wildman–Crippen MR) is 91.9 cm³/mol. The number of terminal acetylenes is 1. The van der Waals surface area contributed by atoms with Crippen LogP contribution in [-0.2, 0) is 11.2 Å². The normalized spacial score (nSPS) is 10.1. The molecular weight excluding hydrogens is 367 g/mol. The first-order valence-electron chi connectivity index (χ1n) is 6.00. The van der Waals surface area contributed by atoms with Gasteiger partial charge in [0.1, 0.15) is 6.54 Å². The first kappa shape index (κ1) is 18.2. The van der Waals surface area contributed by atoms with E-state index in [0.717, 1.165) is 6.42 Å². The summed E-state index contributed by atoms with van der Waals surface area (Å²) in [5.74, 6) is 2.32. The zero-order valence-electron chi connectivity index (χ0n) is 11.1. The van der Waals surface area contributed by atoms with Gasteiger partial charge in [-0.2, -0.15) is 0 Å². The summed E-state index contributed by atoms with van der Waals surface area (Å²) < 4.78 is 0. The van der Waals surface area contributed by atoms with Gasteiger partial charge in [0, 0.05) is 6.54 Å². The van der Waals surface area contributed by atoms with Crippen molar-refractivity contribution in [1.82, 2.24) is 10.6 Å². The molecule has 4 N–H and O–H groups in total. The fourth-order valence-electron chi connectivity index (χ4n) is 1.40. The van der Waals surface area contributed by atoms with Crippen LogP contribution in [0.3, 0.4) is 0 Å². The molecule has 1 aromatic rings. The van der Waals surface area contributed by atoms with Crippen LogP contribution in [0.4, 0.5) is 0 Å². The van der Waals surface area contributed by atoms with Gasteiger partial charge in [0.15, 0.2) is 5.96 Å². The van der Waals surface area contributed by atoms with Crippen molar-refractivity contribution in [1.29, 1.82) is 0 Å². The van der Waals surface area contributed by atoms with Gasteiger partial charge in [0.25, 0.3) is 0 Å². The Bertz CT molecular complexity index is 468. The van der Waals surface area contributed by atoms with E-state index < -0.39 is 0 Å². The van der Waals surface area contributed by atoms with Crippen LogP contribution in [0, 0.1) is 12.3 Å². The second-order valence-electron chi connectivity index (χ2n) is 3.84.